The highest BCUT2D eigenvalue weighted by Gasteiger charge is 2.33. The van der Waals surface area contributed by atoms with Crippen LogP contribution < -0.4 is 49.5 Å². The summed E-state index contributed by atoms with van der Waals surface area (Å²) < 4.78 is 0. The standard InChI is InChI=1S/C43H57N9O9/c44-23-11-10-18-30(45)39(57)51-34(25-28-14-6-2-7-15-28)42(60)48-31(19-21-36(46)53)41(59)52-35(26-29-16-8-3-9-17-29)43(61)49-32(20-22-37(54)55)40(58)50-33(38(47)56)24-27-12-4-1-5-13-27/h1-9,12-17,30-35H,10-11,18-26,44-45H2,(H2,46,53)(H2,47,56)(H,48,60)(H,49,61)(H,50,58)(H,51,57)(H,52,59)(H,54,55)/t30-,31-,32-,33-,34-,35-/m0/s1. The van der Waals surface area contributed by atoms with Gasteiger partial charge in [-0.3, -0.25) is 38.4 Å². The average molecular weight is 844 g/mol. The zero-order valence-electron chi connectivity index (χ0n) is 33.9. The van der Waals surface area contributed by atoms with Crippen LogP contribution in [0.15, 0.2) is 91.0 Å². The van der Waals surface area contributed by atoms with Gasteiger partial charge >= 0.3 is 5.97 Å². The van der Waals surface area contributed by atoms with Crippen molar-refractivity contribution in [3.63, 3.8) is 0 Å². The van der Waals surface area contributed by atoms with Crippen molar-refractivity contribution in [2.45, 2.75) is 100 Å². The summed E-state index contributed by atoms with van der Waals surface area (Å²) in [7, 11) is 0. The van der Waals surface area contributed by atoms with E-state index in [4.69, 9.17) is 22.9 Å². The van der Waals surface area contributed by atoms with Crippen LogP contribution in [-0.2, 0) is 57.6 Å². The Morgan fingerprint density at radius 2 is 0.836 bits per heavy atom. The molecule has 328 valence electrons. The minimum atomic E-state index is -1.49. The maximum atomic E-state index is 14.1. The van der Waals surface area contributed by atoms with E-state index in [-0.39, 0.29) is 32.1 Å². The number of benzene rings is 3. The summed E-state index contributed by atoms with van der Waals surface area (Å²) in [6, 6.07) is 18.2. The van der Waals surface area contributed by atoms with Crippen molar-refractivity contribution in [2.75, 3.05) is 6.54 Å². The number of amides is 7. The Balaban J connectivity index is 1.90. The molecule has 0 fully saturated rings. The lowest BCUT2D eigenvalue weighted by molar-refractivity contribution is -0.138. The van der Waals surface area contributed by atoms with E-state index in [2.05, 4.69) is 26.6 Å². The molecule has 6 atom stereocenters. The first-order chi connectivity index (χ1) is 29.2. The van der Waals surface area contributed by atoms with Crippen molar-refractivity contribution in [2.24, 2.45) is 22.9 Å². The number of carbonyl (C=O) groups is 8. The first-order valence-corrected chi connectivity index (χ1v) is 20.1. The Kier molecular flexibility index (Phi) is 20.6. The van der Waals surface area contributed by atoms with Crippen LogP contribution in [0, 0.1) is 0 Å². The fourth-order valence-corrected chi connectivity index (χ4v) is 6.29. The van der Waals surface area contributed by atoms with Crippen LogP contribution in [0.25, 0.3) is 0 Å². The first kappa shape index (κ1) is 48.7. The molecule has 0 saturated carbocycles. The van der Waals surface area contributed by atoms with E-state index in [1.807, 2.05) is 0 Å². The van der Waals surface area contributed by atoms with Gasteiger partial charge < -0.3 is 54.6 Å². The molecule has 0 unspecified atom stereocenters. The summed E-state index contributed by atoms with van der Waals surface area (Å²) in [5.74, 6) is -7.00. The SMILES string of the molecule is NCCCC[C@H](N)C(=O)N[C@@H](Cc1ccccc1)C(=O)N[C@@H](CCC(N)=O)C(=O)N[C@@H](Cc1ccccc1)C(=O)N[C@@H](CCC(=O)O)C(=O)N[C@@H](Cc1ccccc1)C(N)=O. The second kappa shape index (κ2) is 25.7. The van der Waals surface area contributed by atoms with Gasteiger partial charge in [0.2, 0.25) is 41.4 Å². The summed E-state index contributed by atoms with van der Waals surface area (Å²) in [5.41, 5.74) is 24.7. The van der Waals surface area contributed by atoms with Crippen molar-refractivity contribution in [1.82, 2.24) is 26.6 Å². The molecule has 0 radical (unpaired) electrons. The monoisotopic (exact) mass is 843 g/mol. The van der Waals surface area contributed by atoms with E-state index >= 15 is 0 Å². The second-order valence-corrected chi connectivity index (χ2v) is 14.6. The summed E-state index contributed by atoms with van der Waals surface area (Å²) in [4.78, 5) is 105. The molecule has 0 spiro atoms. The number of primary amides is 2. The van der Waals surface area contributed by atoms with Gasteiger partial charge in [0, 0.05) is 32.1 Å². The molecular formula is C43H57N9O9. The zero-order chi connectivity index (χ0) is 44.7. The molecule has 3 aromatic carbocycles. The average Bonchev–Trinajstić information content (AvgIpc) is 3.23. The highest BCUT2D eigenvalue weighted by Crippen LogP contribution is 2.11. The van der Waals surface area contributed by atoms with Gasteiger partial charge in [-0.1, -0.05) is 97.4 Å². The maximum Gasteiger partial charge on any atom is 0.303 e. The van der Waals surface area contributed by atoms with Gasteiger partial charge in [0.25, 0.3) is 0 Å². The molecule has 14 N–H and O–H groups in total. The second-order valence-electron chi connectivity index (χ2n) is 14.6. The van der Waals surface area contributed by atoms with E-state index in [0.29, 0.717) is 42.5 Å². The number of carbonyl (C=O) groups excluding carboxylic acids is 7. The van der Waals surface area contributed by atoms with Crippen LogP contribution >= 0.6 is 0 Å². The zero-order valence-corrected chi connectivity index (χ0v) is 33.9. The van der Waals surface area contributed by atoms with Crippen molar-refractivity contribution < 1.29 is 43.5 Å². The Hall–Kier alpha value is -6.66. The number of unbranched alkanes of at least 4 members (excludes halogenated alkanes) is 1. The number of aliphatic carboxylic acids is 1. The number of hydrogen-bond donors (Lipinski definition) is 10. The molecule has 0 aliphatic carbocycles. The lowest BCUT2D eigenvalue weighted by Crippen LogP contribution is -2.60. The molecule has 0 bridgehead atoms. The quantitative estimate of drug-likeness (QED) is 0.0424. The van der Waals surface area contributed by atoms with E-state index < -0.39 is 96.4 Å². The molecule has 3 rings (SSSR count). The molecule has 18 nitrogen and oxygen atoms in total. The van der Waals surface area contributed by atoms with Crippen molar-refractivity contribution in [1.29, 1.82) is 0 Å². The van der Waals surface area contributed by atoms with Crippen LogP contribution in [-0.4, -0.2) is 95.2 Å². The highest BCUT2D eigenvalue weighted by atomic mass is 16.4. The van der Waals surface area contributed by atoms with Crippen LogP contribution in [0.2, 0.25) is 0 Å². The molecule has 3 aromatic rings. The van der Waals surface area contributed by atoms with Crippen LogP contribution in [0.3, 0.4) is 0 Å². The van der Waals surface area contributed by atoms with E-state index in [0.717, 1.165) is 0 Å². The topological polar surface area (TPSA) is 321 Å². The smallest absolute Gasteiger partial charge is 0.303 e. The Morgan fingerprint density at radius 3 is 1.23 bits per heavy atom. The molecule has 61 heavy (non-hydrogen) atoms. The molecule has 7 amide bonds. The van der Waals surface area contributed by atoms with E-state index in [9.17, 15) is 43.5 Å². The lowest BCUT2D eigenvalue weighted by atomic mass is 10.0. The Morgan fingerprint density at radius 1 is 0.475 bits per heavy atom. The van der Waals surface area contributed by atoms with Crippen LogP contribution in [0.4, 0.5) is 0 Å². The van der Waals surface area contributed by atoms with Crippen LogP contribution in [0.1, 0.15) is 61.6 Å². The third kappa shape index (κ3) is 18.0. The normalized spacial score (nSPS) is 13.8. The van der Waals surface area contributed by atoms with Crippen LogP contribution in [0.5, 0.6) is 0 Å². The molecule has 0 saturated heterocycles. The number of rotatable bonds is 27. The lowest BCUT2D eigenvalue weighted by Gasteiger charge is -2.27. The summed E-state index contributed by atoms with van der Waals surface area (Å²) in [5, 5.41) is 22.4. The molecular weight excluding hydrogens is 787 g/mol. The summed E-state index contributed by atoms with van der Waals surface area (Å²) in [6.45, 7) is 0.420. The predicted molar refractivity (Wildman–Crippen MR) is 225 cm³/mol. The summed E-state index contributed by atoms with van der Waals surface area (Å²) >= 11 is 0. The minimum absolute atomic E-state index is 0.0128. The molecule has 0 aliphatic heterocycles. The molecule has 0 aliphatic rings. The van der Waals surface area contributed by atoms with Gasteiger partial charge in [0.05, 0.1) is 6.04 Å². The van der Waals surface area contributed by atoms with Gasteiger partial charge in [-0.05, 0) is 48.9 Å². The van der Waals surface area contributed by atoms with Gasteiger partial charge in [-0.25, -0.2) is 0 Å². The Labute approximate surface area is 354 Å². The molecule has 0 aromatic heterocycles. The predicted octanol–water partition coefficient (Wildman–Crippen LogP) is -0.790. The Bertz CT molecular complexity index is 1920. The van der Waals surface area contributed by atoms with Crippen molar-refractivity contribution in [3.8, 4) is 0 Å². The van der Waals surface area contributed by atoms with Gasteiger partial charge in [0.1, 0.15) is 30.2 Å². The number of nitrogens with two attached hydrogens (primary N) is 4. The van der Waals surface area contributed by atoms with Gasteiger partial charge in [0.15, 0.2) is 0 Å². The third-order valence-electron chi connectivity index (χ3n) is 9.67. The fourth-order valence-electron chi connectivity index (χ4n) is 6.29. The molecule has 18 heteroatoms. The largest absolute Gasteiger partial charge is 0.481 e. The third-order valence-corrected chi connectivity index (χ3v) is 9.67. The maximum absolute atomic E-state index is 14.1. The first-order valence-electron chi connectivity index (χ1n) is 20.1. The summed E-state index contributed by atoms with van der Waals surface area (Å²) in [6.07, 6.45) is -0.135. The van der Waals surface area contributed by atoms with E-state index in [1.165, 1.54) is 0 Å². The van der Waals surface area contributed by atoms with E-state index in [1.54, 1.807) is 91.0 Å². The fraction of sp³-hybridized carbons (Fsp3) is 0.395. The molecule has 0 heterocycles. The van der Waals surface area contributed by atoms with Gasteiger partial charge in [-0.15, -0.1) is 0 Å². The number of nitrogens with one attached hydrogen (secondary N) is 5. The van der Waals surface area contributed by atoms with Gasteiger partial charge in [-0.2, -0.15) is 0 Å². The number of hydrogen-bond acceptors (Lipinski definition) is 10. The van der Waals surface area contributed by atoms with Crippen molar-refractivity contribution >= 4 is 47.3 Å². The minimum Gasteiger partial charge on any atom is -0.481 e. The highest BCUT2D eigenvalue weighted by molar-refractivity contribution is 5.97. The number of carboxylic acid groups (broad SMARTS) is 1. The van der Waals surface area contributed by atoms with Crippen molar-refractivity contribution in [3.05, 3.63) is 108 Å². The number of carboxylic acids is 1.